The average Bonchev–Trinajstić information content (AvgIpc) is 2.51. The van der Waals surface area contributed by atoms with Crippen LogP contribution in [0.1, 0.15) is 13.8 Å². The van der Waals surface area contributed by atoms with Gasteiger partial charge in [0.15, 0.2) is 0 Å². The van der Waals surface area contributed by atoms with E-state index in [0.717, 1.165) is 4.31 Å². The van der Waals surface area contributed by atoms with Crippen molar-refractivity contribution in [3.63, 3.8) is 0 Å². The van der Waals surface area contributed by atoms with E-state index in [0.29, 0.717) is 18.0 Å². The van der Waals surface area contributed by atoms with Gasteiger partial charge in [-0.1, -0.05) is 18.7 Å². The van der Waals surface area contributed by atoms with Gasteiger partial charge in [0.05, 0.1) is 18.0 Å². The first-order chi connectivity index (χ1) is 10.4. The normalized spacial score (nSPS) is 10.8. The first-order valence-electron chi connectivity index (χ1n) is 6.94. The number of hydrogen-bond donors (Lipinski definition) is 0. The summed E-state index contributed by atoms with van der Waals surface area (Å²) in [7, 11) is -3.61. The third-order valence-electron chi connectivity index (χ3n) is 2.75. The first-order valence-corrected chi connectivity index (χ1v) is 8.55. The lowest BCUT2D eigenvalue weighted by atomic mass is 10.3. The van der Waals surface area contributed by atoms with Crippen LogP contribution in [0.25, 0.3) is 0 Å². The highest BCUT2D eigenvalue weighted by atomic mass is 32.2. The van der Waals surface area contributed by atoms with Crippen LogP contribution in [0, 0.1) is 0 Å². The third-order valence-corrected chi connectivity index (χ3v) is 4.49. The zero-order chi connectivity index (χ0) is 16.6. The molecule has 0 aliphatic carbocycles. The lowest BCUT2D eigenvalue weighted by Gasteiger charge is -2.23. The predicted octanol–water partition coefficient (Wildman–Crippen LogP) is 1.97. The maximum absolute atomic E-state index is 12.2. The second kappa shape index (κ2) is 8.43. The zero-order valence-corrected chi connectivity index (χ0v) is 13.6. The fraction of sp³-hybridized carbons (Fsp3) is 0.400. The van der Waals surface area contributed by atoms with E-state index in [4.69, 9.17) is 9.47 Å². The van der Waals surface area contributed by atoms with Gasteiger partial charge in [-0.25, -0.2) is 8.42 Å². The Balaban J connectivity index is 3.10. The summed E-state index contributed by atoms with van der Waals surface area (Å²) in [5, 5.41) is 0. The molecule has 0 N–H and O–H groups in total. The number of esters is 1. The predicted molar refractivity (Wildman–Crippen MR) is 85.6 cm³/mol. The van der Waals surface area contributed by atoms with Crippen molar-refractivity contribution in [2.24, 2.45) is 0 Å². The summed E-state index contributed by atoms with van der Waals surface area (Å²) in [6, 6.07) is 6.54. The molecule has 6 nitrogen and oxygen atoms in total. The molecule has 1 rings (SSSR count). The molecule has 0 atom stereocenters. The molecule has 0 aliphatic rings. The van der Waals surface area contributed by atoms with Gasteiger partial charge >= 0.3 is 5.97 Å². The van der Waals surface area contributed by atoms with Crippen molar-refractivity contribution in [3.8, 4) is 5.75 Å². The van der Waals surface area contributed by atoms with Crippen molar-refractivity contribution in [1.82, 2.24) is 0 Å². The molecule has 0 radical (unpaired) electrons. The number of carbonyl (C=O) groups excluding carboxylic acids is 1. The molecular formula is C15H21NO5S. The minimum atomic E-state index is -3.61. The van der Waals surface area contributed by atoms with Gasteiger partial charge in [0.25, 0.3) is 0 Å². The van der Waals surface area contributed by atoms with Crippen LogP contribution >= 0.6 is 0 Å². The summed E-state index contributed by atoms with van der Waals surface area (Å²) >= 11 is 0. The number of ether oxygens (including phenoxy) is 2. The van der Waals surface area contributed by atoms with Crippen LogP contribution in [0.3, 0.4) is 0 Å². The molecule has 0 aliphatic heterocycles. The lowest BCUT2D eigenvalue weighted by molar-refractivity contribution is -0.141. The smallest absolute Gasteiger partial charge is 0.326 e. The van der Waals surface area contributed by atoms with Crippen LogP contribution in [0.2, 0.25) is 0 Å². The summed E-state index contributed by atoms with van der Waals surface area (Å²) in [5.74, 6) is -0.223. The van der Waals surface area contributed by atoms with E-state index in [9.17, 15) is 13.2 Å². The largest absolute Gasteiger partial charge is 0.489 e. The molecule has 22 heavy (non-hydrogen) atoms. The first kappa shape index (κ1) is 18.0. The Labute approximate surface area is 131 Å². The molecule has 0 fully saturated rings. The Morgan fingerprint density at radius 2 is 2.09 bits per heavy atom. The van der Waals surface area contributed by atoms with Crippen LogP contribution in [-0.4, -0.2) is 39.9 Å². The average molecular weight is 327 g/mol. The van der Waals surface area contributed by atoms with Gasteiger partial charge in [-0.15, -0.1) is 0 Å². The van der Waals surface area contributed by atoms with Crippen LogP contribution in [0.15, 0.2) is 36.9 Å². The van der Waals surface area contributed by atoms with Gasteiger partial charge in [0.1, 0.15) is 18.9 Å². The Kier molecular flexibility index (Phi) is 6.91. The quantitative estimate of drug-likeness (QED) is 0.512. The Bertz CT molecular complexity index is 612. The van der Waals surface area contributed by atoms with E-state index in [1.165, 1.54) is 6.92 Å². The molecule has 122 valence electrons. The SMILES string of the molecule is C=CCOc1cccc(N(CC(=O)OCC)S(=O)(=O)CC)c1. The van der Waals surface area contributed by atoms with Crippen molar-refractivity contribution >= 4 is 21.7 Å². The van der Waals surface area contributed by atoms with Gasteiger partial charge in [0.2, 0.25) is 10.0 Å². The Morgan fingerprint density at radius 1 is 1.36 bits per heavy atom. The summed E-state index contributed by atoms with van der Waals surface area (Å²) < 4.78 is 35.7. The van der Waals surface area contributed by atoms with E-state index in [2.05, 4.69) is 6.58 Å². The maximum Gasteiger partial charge on any atom is 0.326 e. The summed E-state index contributed by atoms with van der Waals surface area (Å²) in [6.45, 7) is 6.88. The molecule has 0 bridgehead atoms. The highest BCUT2D eigenvalue weighted by Crippen LogP contribution is 2.24. The molecule has 7 heteroatoms. The third kappa shape index (κ3) is 5.07. The highest BCUT2D eigenvalue weighted by Gasteiger charge is 2.24. The van der Waals surface area contributed by atoms with E-state index >= 15 is 0 Å². The van der Waals surface area contributed by atoms with E-state index in [1.54, 1.807) is 37.3 Å². The molecular weight excluding hydrogens is 306 g/mol. The zero-order valence-electron chi connectivity index (χ0n) is 12.8. The number of benzene rings is 1. The highest BCUT2D eigenvalue weighted by molar-refractivity contribution is 7.92. The summed E-state index contributed by atoms with van der Waals surface area (Å²) in [4.78, 5) is 11.7. The molecule has 0 saturated carbocycles. The molecule has 0 spiro atoms. The molecule has 0 saturated heterocycles. The van der Waals surface area contributed by atoms with Gasteiger partial charge in [-0.2, -0.15) is 0 Å². The fourth-order valence-corrected chi connectivity index (χ4v) is 2.76. The molecule has 0 aromatic heterocycles. The number of sulfonamides is 1. The Morgan fingerprint density at radius 3 is 2.68 bits per heavy atom. The van der Waals surface area contributed by atoms with Crippen molar-refractivity contribution in [2.75, 3.05) is 29.8 Å². The lowest BCUT2D eigenvalue weighted by Crippen LogP contribution is -2.37. The minimum absolute atomic E-state index is 0.121. The molecule has 0 amide bonds. The van der Waals surface area contributed by atoms with Gasteiger partial charge in [0, 0.05) is 6.07 Å². The fourth-order valence-electron chi connectivity index (χ4n) is 1.71. The number of rotatable bonds is 9. The van der Waals surface area contributed by atoms with Gasteiger partial charge in [-0.3, -0.25) is 9.10 Å². The van der Waals surface area contributed by atoms with Crippen molar-refractivity contribution in [3.05, 3.63) is 36.9 Å². The number of nitrogens with zero attached hydrogens (tertiary/aromatic N) is 1. The molecule has 1 aromatic carbocycles. The van der Waals surface area contributed by atoms with E-state index < -0.39 is 16.0 Å². The summed E-state index contributed by atoms with van der Waals surface area (Å²) in [5.41, 5.74) is 0.358. The summed E-state index contributed by atoms with van der Waals surface area (Å²) in [6.07, 6.45) is 1.59. The van der Waals surface area contributed by atoms with Gasteiger partial charge in [-0.05, 0) is 26.0 Å². The second-order valence-corrected chi connectivity index (χ2v) is 6.49. The van der Waals surface area contributed by atoms with Crippen LogP contribution in [0.4, 0.5) is 5.69 Å². The Hall–Kier alpha value is -2.02. The monoisotopic (exact) mass is 327 g/mol. The molecule has 1 aromatic rings. The van der Waals surface area contributed by atoms with E-state index in [1.807, 2.05) is 0 Å². The number of anilines is 1. The topological polar surface area (TPSA) is 72.9 Å². The molecule has 0 unspecified atom stereocenters. The van der Waals surface area contributed by atoms with Crippen LogP contribution in [-0.2, 0) is 19.6 Å². The van der Waals surface area contributed by atoms with Crippen molar-refractivity contribution in [1.29, 1.82) is 0 Å². The van der Waals surface area contributed by atoms with Crippen molar-refractivity contribution in [2.45, 2.75) is 13.8 Å². The van der Waals surface area contributed by atoms with Crippen molar-refractivity contribution < 1.29 is 22.7 Å². The van der Waals surface area contributed by atoms with Crippen LogP contribution in [0.5, 0.6) is 5.75 Å². The minimum Gasteiger partial charge on any atom is -0.489 e. The number of hydrogen-bond acceptors (Lipinski definition) is 5. The van der Waals surface area contributed by atoms with Gasteiger partial charge < -0.3 is 9.47 Å². The number of carbonyl (C=O) groups is 1. The van der Waals surface area contributed by atoms with E-state index in [-0.39, 0.29) is 18.9 Å². The second-order valence-electron chi connectivity index (χ2n) is 4.31. The maximum atomic E-state index is 12.2. The standard InChI is InChI=1S/C15H21NO5S/c1-4-10-21-14-9-7-8-13(11-14)16(22(18,19)6-3)12-15(17)20-5-2/h4,7-9,11H,1,5-6,10,12H2,2-3H3. The molecule has 0 heterocycles. The van der Waals surface area contributed by atoms with Crippen LogP contribution < -0.4 is 9.04 Å².